The lowest BCUT2D eigenvalue weighted by Gasteiger charge is -2.31. The van der Waals surface area contributed by atoms with Crippen molar-refractivity contribution in [1.82, 2.24) is 0 Å². The summed E-state index contributed by atoms with van der Waals surface area (Å²) in [5, 5.41) is 2.38. The first kappa shape index (κ1) is 15.4. The lowest BCUT2D eigenvalue weighted by atomic mass is 10.0. The molecule has 0 amide bonds. The van der Waals surface area contributed by atoms with Gasteiger partial charge in [0.1, 0.15) is 11.3 Å². The van der Waals surface area contributed by atoms with Crippen molar-refractivity contribution >= 4 is 27.4 Å². The van der Waals surface area contributed by atoms with Crippen molar-refractivity contribution < 1.29 is 18.6 Å². The Morgan fingerprint density at radius 2 is 1.61 bits per heavy atom. The summed E-state index contributed by atoms with van der Waals surface area (Å²) >= 11 is 0. The predicted octanol–water partition coefficient (Wildman–Crippen LogP) is 4.03. The number of fused-ring (bicyclic) bond motifs is 6. The van der Waals surface area contributed by atoms with Crippen LogP contribution in [0.15, 0.2) is 63.8 Å². The third-order valence-corrected chi connectivity index (χ3v) is 5.30. The van der Waals surface area contributed by atoms with E-state index in [9.17, 15) is 4.79 Å². The highest BCUT2D eigenvalue weighted by molar-refractivity contribution is 6.05. The SMILES string of the molecule is O=c1oc2c3c(ccc2c2ccccc12)OCN(c1ccc2c(c1)OCO2)C3. The molecule has 0 unspecified atom stereocenters. The van der Waals surface area contributed by atoms with Crippen LogP contribution < -0.4 is 24.7 Å². The van der Waals surface area contributed by atoms with Crippen LogP contribution in [0.25, 0.3) is 21.7 Å². The molecule has 2 aliphatic rings. The fourth-order valence-corrected chi connectivity index (χ4v) is 3.90. The lowest BCUT2D eigenvalue weighted by molar-refractivity contribution is 0.174. The molecule has 0 saturated carbocycles. The Bertz CT molecular complexity index is 1310. The quantitative estimate of drug-likeness (QED) is 0.371. The molecule has 6 heteroatoms. The van der Waals surface area contributed by atoms with Gasteiger partial charge in [0.15, 0.2) is 18.2 Å². The highest BCUT2D eigenvalue weighted by Gasteiger charge is 2.24. The molecule has 0 radical (unpaired) electrons. The molecular formula is C22H15NO5. The minimum atomic E-state index is -0.336. The molecule has 28 heavy (non-hydrogen) atoms. The van der Waals surface area contributed by atoms with Gasteiger partial charge in [-0.3, -0.25) is 0 Å². The van der Waals surface area contributed by atoms with Gasteiger partial charge in [0.05, 0.1) is 17.5 Å². The van der Waals surface area contributed by atoms with Gasteiger partial charge in [-0.25, -0.2) is 4.79 Å². The number of rotatable bonds is 1. The second-order valence-electron chi connectivity index (χ2n) is 6.86. The van der Waals surface area contributed by atoms with Crippen LogP contribution in [-0.2, 0) is 6.54 Å². The minimum Gasteiger partial charge on any atom is -0.473 e. The van der Waals surface area contributed by atoms with Crippen LogP contribution >= 0.6 is 0 Å². The highest BCUT2D eigenvalue weighted by atomic mass is 16.7. The van der Waals surface area contributed by atoms with E-state index in [1.54, 1.807) is 6.07 Å². The van der Waals surface area contributed by atoms with Crippen molar-refractivity contribution in [3.8, 4) is 17.2 Å². The van der Waals surface area contributed by atoms with Crippen molar-refractivity contribution in [2.75, 3.05) is 18.4 Å². The number of ether oxygens (including phenoxy) is 3. The number of hydrogen-bond donors (Lipinski definition) is 0. The number of hydrogen-bond acceptors (Lipinski definition) is 6. The van der Waals surface area contributed by atoms with Gasteiger partial charge in [-0.1, -0.05) is 18.2 Å². The van der Waals surface area contributed by atoms with Crippen molar-refractivity contribution in [3.05, 3.63) is 70.6 Å². The summed E-state index contributed by atoms with van der Waals surface area (Å²) in [5.74, 6) is 2.20. The molecular weight excluding hydrogens is 358 g/mol. The van der Waals surface area contributed by atoms with Gasteiger partial charge >= 0.3 is 5.63 Å². The monoisotopic (exact) mass is 373 g/mol. The maximum absolute atomic E-state index is 12.5. The predicted molar refractivity (Wildman–Crippen MR) is 104 cm³/mol. The van der Waals surface area contributed by atoms with E-state index < -0.39 is 0 Å². The number of nitrogens with zero attached hydrogens (tertiary/aromatic N) is 1. The summed E-state index contributed by atoms with van der Waals surface area (Å²) in [4.78, 5) is 14.6. The van der Waals surface area contributed by atoms with Crippen LogP contribution in [0.5, 0.6) is 17.2 Å². The topological polar surface area (TPSA) is 61.1 Å². The highest BCUT2D eigenvalue weighted by Crippen LogP contribution is 2.39. The van der Waals surface area contributed by atoms with Crippen molar-refractivity contribution in [1.29, 1.82) is 0 Å². The molecule has 0 spiro atoms. The molecule has 3 heterocycles. The molecule has 3 aromatic carbocycles. The first-order valence-electron chi connectivity index (χ1n) is 9.03. The number of anilines is 1. The number of benzene rings is 3. The van der Waals surface area contributed by atoms with Crippen LogP contribution in [-0.4, -0.2) is 13.5 Å². The Morgan fingerprint density at radius 3 is 2.54 bits per heavy atom. The molecule has 0 atom stereocenters. The van der Waals surface area contributed by atoms with Gasteiger partial charge in [-0.2, -0.15) is 0 Å². The molecule has 6 nitrogen and oxygen atoms in total. The fourth-order valence-electron chi connectivity index (χ4n) is 3.90. The molecule has 2 aliphatic heterocycles. The molecule has 0 bridgehead atoms. The van der Waals surface area contributed by atoms with Crippen LogP contribution in [0.1, 0.15) is 5.56 Å². The summed E-state index contributed by atoms with van der Waals surface area (Å²) in [6, 6.07) is 17.2. The standard InChI is InChI=1S/C22H15NO5/c24-22-16-4-2-1-3-14(16)15-6-8-18-17(21(15)28-22)10-23(11-25-18)13-5-7-19-20(9-13)27-12-26-19/h1-9H,10-12H2. The van der Waals surface area contributed by atoms with Crippen LogP contribution in [0.2, 0.25) is 0 Å². The molecule has 0 fully saturated rings. The summed E-state index contributed by atoms with van der Waals surface area (Å²) in [7, 11) is 0. The van der Waals surface area contributed by atoms with Crippen molar-refractivity contribution in [2.45, 2.75) is 6.54 Å². The maximum Gasteiger partial charge on any atom is 0.344 e. The van der Waals surface area contributed by atoms with Gasteiger partial charge in [0.25, 0.3) is 0 Å². The van der Waals surface area contributed by atoms with Gasteiger partial charge in [0.2, 0.25) is 6.79 Å². The van der Waals surface area contributed by atoms with E-state index in [0.717, 1.165) is 39.3 Å². The fraction of sp³-hybridized carbons (Fsp3) is 0.136. The largest absolute Gasteiger partial charge is 0.473 e. The van der Waals surface area contributed by atoms with Crippen LogP contribution in [0, 0.1) is 0 Å². The maximum atomic E-state index is 12.5. The van der Waals surface area contributed by atoms with E-state index in [2.05, 4.69) is 4.90 Å². The molecule has 0 N–H and O–H groups in total. The molecule has 138 valence electrons. The molecule has 6 rings (SSSR count). The summed E-state index contributed by atoms with van der Waals surface area (Å²) in [5.41, 5.74) is 2.06. The molecule has 0 saturated heterocycles. The first-order valence-corrected chi connectivity index (χ1v) is 9.03. The Kier molecular flexibility index (Phi) is 3.11. The van der Waals surface area contributed by atoms with Gasteiger partial charge in [-0.15, -0.1) is 0 Å². The summed E-state index contributed by atoms with van der Waals surface area (Å²) in [6.07, 6.45) is 0. The van der Waals surface area contributed by atoms with Crippen molar-refractivity contribution in [2.24, 2.45) is 0 Å². The smallest absolute Gasteiger partial charge is 0.344 e. The Balaban J connectivity index is 1.50. The van der Waals surface area contributed by atoms with Gasteiger partial charge in [0, 0.05) is 17.1 Å². The Morgan fingerprint density at radius 1 is 0.786 bits per heavy atom. The second kappa shape index (κ2) is 5.66. The second-order valence-corrected chi connectivity index (χ2v) is 6.86. The van der Waals surface area contributed by atoms with E-state index in [1.807, 2.05) is 48.5 Å². The van der Waals surface area contributed by atoms with Crippen LogP contribution in [0.4, 0.5) is 5.69 Å². The van der Waals surface area contributed by atoms with Gasteiger partial charge < -0.3 is 23.5 Å². The molecule has 1 aromatic heterocycles. The average molecular weight is 373 g/mol. The lowest BCUT2D eigenvalue weighted by Crippen LogP contribution is -2.32. The van der Waals surface area contributed by atoms with Crippen molar-refractivity contribution in [3.63, 3.8) is 0 Å². The zero-order chi connectivity index (χ0) is 18.7. The van der Waals surface area contributed by atoms with E-state index in [1.165, 1.54) is 0 Å². The average Bonchev–Trinajstić information content (AvgIpc) is 3.21. The first-order chi connectivity index (χ1) is 13.8. The third kappa shape index (κ3) is 2.18. The molecule has 0 aliphatic carbocycles. The third-order valence-electron chi connectivity index (χ3n) is 5.30. The van der Waals surface area contributed by atoms with Gasteiger partial charge in [-0.05, 0) is 35.7 Å². The summed E-state index contributed by atoms with van der Waals surface area (Å²) < 4.78 is 22.6. The zero-order valence-electron chi connectivity index (χ0n) is 14.8. The van der Waals surface area contributed by atoms with E-state index in [0.29, 0.717) is 24.2 Å². The van der Waals surface area contributed by atoms with Crippen LogP contribution in [0.3, 0.4) is 0 Å². The normalized spacial score (nSPS) is 14.9. The zero-order valence-corrected chi connectivity index (χ0v) is 14.8. The molecule has 4 aromatic rings. The van der Waals surface area contributed by atoms with E-state index in [-0.39, 0.29) is 12.4 Å². The van der Waals surface area contributed by atoms with E-state index >= 15 is 0 Å². The Hall–Kier alpha value is -3.67. The summed E-state index contributed by atoms with van der Waals surface area (Å²) in [6.45, 7) is 1.20. The minimum absolute atomic E-state index is 0.237. The van der Waals surface area contributed by atoms with E-state index in [4.69, 9.17) is 18.6 Å². The Labute approximate surface area is 159 Å².